The highest BCUT2D eigenvalue weighted by molar-refractivity contribution is 5.72. The highest BCUT2D eigenvalue weighted by Gasteiger charge is 2.01. The van der Waals surface area contributed by atoms with E-state index in [4.69, 9.17) is 0 Å². The third-order valence-electron chi connectivity index (χ3n) is 2.27. The number of carbonyl (C=O) groups is 1. The molecular formula is C12H22O. The first-order chi connectivity index (χ1) is 6.10. The Hall–Kier alpha value is -0.590. The molecule has 0 aliphatic rings. The predicted molar refractivity (Wildman–Crippen MR) is 57.7 cm³/mol. The van der Waals surface area contributed by atoms with Crippen LogP contribution in [0, 0.1) is 11.8 Å². The lowest BCUT2D eigenvalue weighted by atomic mass is 9.99. The van der Waals surface area contributed by atoms with Crippen molar-refractivity contribution in [3.8, 4) is 0 Å². The number of carbonyl (C=O) groups excluding carboxylic acids is 1. The molecular weight excluding hydrogens is 160 g/mol. The molecule has 0 heterocycles. The molecule has 1 unspecified atom stereocenters. The molecule has 0 spiro atoms. The summed E-state index contributed by atoms with van der Waals surface area (Å²) in [6, 6.07) is 0. The Morgan fingerprint density at radius 2 is 1.92 bits per heavy atom. The summed E-state index contributed by atoms with van der Waals surface area (Å²) in [5.41, 5.74) is 0.968. The fourth-order valence-electron chi connectivity index (χ4n) is 1.17. The van der Waals surface area contributed by atoms with Gasteiger partial charge in [0, 0.05) is 0 Å². The van der Waals surface area contributed by atoms with Crippen molar-refractivity contribution in [1.82, 2.24) is 0 Å². The van der Waals surface area contributed by atoms with Gasteiger partial charge < -0.3 is 0 Å². The lowest BCUT2D eigenvalue weighted by molar-refractivity contribution is -0.105. The summed E-state index contributed by atoms with van der Waals surface area (Å²) >= 11 is 0. The van der Waals surface area contributed by atoms with Gasteiger partial charge in [-0.15, -0.1) is 0 Å². The maximum absolute atomic E-state index is 10.7. The summed E-state index contributed by atoms with van der Waals surface area (Å²) in [5.74, 6) is 1.27. The van der Waals surface area contributed by atoms with E-state index in [0.29, 0.717) is 11.8 Å². The summed E-state index contributed by atoms with van der Waals surface area (Å²) in [6.07, 6.45) is 6.24. The standard InChI is InChI=1S/C12H22O/c1-5-11(4)6-7-12(9-13)8-10(2)3/h7,9-11H,5-6,8H2,1-4H3/b12-7-. The normalized spacial score (nSPS) is 14.7. The third kappa shape index (κ3) is 6.56. The molecule has 0 saturated heterocycles. The molecule has 1 nitrogen and oxygen atoms in total. The van der Waals surface area contributed by atoms with Crippen molar-refractivity contribution in [2.24, 2.45) is 11.8 Å². The predicted octanol–water partition coefficient (Wildman–Crippen LogP) is 3.59. The summed E-state index contributed by atoms with van der Waals surface area (Å²) in [5, 5.41) is 0. The second-order valence-electron chi connectivity index (χ2n) is 4.24. The van der Waals surface area contributed by atoms with Gasteiger partial charge in [0.2, 0.25) is 0 Å². The van der Waals surface area contributed by atoms with Crippen LogP contribution in [0.3, 0.4) is 0 Å². The molecule has 0 rings (SSSR count). The van der Waals surface area contributed by atoms with E-state index in [9.17, 15) is 4.79 Å². The number of hydrogen-bond acceptors (Lipinski definition) is 1. The van der Waals surface area contributed by atoms with Crippen LogP contribution in [0.25, 0.3) is 0 Å². The minimum Gasteiger partial charge on any atom is -0.298 e. The molecule has 0 aromatic rings. The van der Waals surface area contributed by atoms with Crippen LogP contribution in [0.4, 0.5) is 0 Å². The number of hydrogen-bond donors (Lipinski definition) is 0. The molecule has 0 saturated carbocycles. The molecule has 13 heavy (non-hydrogen) atoms. The van der Waals surface area contributed by atoms with Crippen molar-refractivity contribution in [2.45, 2.75) is 47.0 Å². The van der Waals surface area contributed by atoms with E-state index in [1.54, 1.807) is 0 Å². The molecule has 0 amide bonds. The van der Waals surface area contributed by atoms with Crippen LogP contribution in [0.2, 0.25) is 0 Å². The Morgan fingerprint density at radius 3 is 2.31 bits per heavy atom. The van der Waals surface area contributed by atoms with Crippen molar-refractivity contribution in [3.05, 3.63) is 11.6 Å². The zero-order valence-corrected chi connectivity index (χ0v) is 9.34. The van der Waals surface area contributed by atoms with Gasteiger partial charge in [-0.05, 0) is 30.3 Å². The fraction of sp³-hybridized carbons (Fsp3) is 0.750. The maximum Gasteiger partial charge on any atom is 0.145 e. The van der Waals surface area contributed by atoms with Gasteiger partial charge >= 0.3 is 0 Å². The maximum atomic E-state index is 10.7. The van der Waals surface area contributed by atoms with Crippen LogP contribution in [0.5, 0.6) is 0 Å². The van der Waals surface area contributed by atoms with Crippen molar-refractivity contribution < 1.29 is 4.79 Å². The van der Waals surface area contributed by atoms with Gasteiger partial charge in [0.15, 0.2) is 0 Å². The van der Waals surface area contributed by atoms with E-state index in [2.05, 4.69) is 33.8 Å². The molecule has 0 aliphatic heterocycles. The minimum absolute atomic E-state index is 0.577. The summed E-state index contributed by atoms with van der Waals surface area (Å²) in [4.78, 5) is 10.7. The van der Waals surface area contributed by atoms with Crippen LogP contribution in [-0.2, 0) is 4.79 Å². The first kappa shape index (κ1) is 12.4. The lowest BCUT2D eigenvalue weighted by Crippen LogP contribution is -1.95. The van der Waals surface area contributed by atoms with Gasteiger partial charge in [0.1, 0.15) is 6.29 Å². The van der Waals surface area contributed by atoms with Gasteiger partial charge in [0.05, 0.1) is 0 Å². The third-order valence-corrected chi connectivity index (χ3v) is 2.27. The average Bonchev–Trinajstić information content (AvgIpc) is 2.10. The van der Waals surface area contributed by atoms with Gasteiger partial charge in [-0.2, -0.15) is 0 Å². The van der Waals surface area contributed by atoms with Crippen molar-refractivity contribution in [1.29, 1.82) is 0 Å². The lowest BCUT2D eigenvalue weighted by Gasteiger charge is -2.06. The molecule has 0 fully saturated rings. The summed E-state index contributed by atoms with van der Waals surface area (Å²) in [7, 11) is 0. The Labute approximate surface area is 82.2 Å². The van der Waals surface area contributed by atoms with Gasteiger partial charge in [-0.1, -0.05) is 40.2 Å². The SMILES string of the molecule is CCC(C)C/C=C(\C=O)CC(C)C. The summed E-state index contributed by atoms with van der Waals surface area (Å²) < 4.78 is 0. The molecule has 0 bridgehead atoms. The van der Waals surface area contributed by atoms with Gasteiger partial charge in [-0.25, -0.2) is 0 Å². The molecule has 0 radical (unpaired) electrons. The number of rotatable bonds is 6. The Balaban J connectivity index is 3.99. The smallest absolute Gasteiger partial charge is 0.145 e. The monoisotopic (exact) mass is 182 g/mol. The quantitative estimate of drug-likeness (QED) is 0.453. The van der Waals surface area contributed by atoms with E-state index >= 15 is 0 Å². The van der Waals surface area contributed by atoms with Crippen molar-refractivity contribution in [2.75, 3.05) is 0 Å². The van der Waals surface area contributed by atoms with Crippen LogP contribution < -0.4 is 0 Å². The second kappa shape index (κ2) is 6.88. The molecule has 0 N–H and O–H groups in total. The van der Waals surface area contributed by atoms with E-state index in [1.165, 1.54) is 6.42 Å². The molecule has 0 aliphatic carbocycles. The molecule has 1 heteroatoms. The van der Waals surface area contributed by atoms with Crippen LogP contribution in [0.1, 0.15) is 47.0 Å². The molecule has 76 valence electrons. The molecule has 1 atom stereocenters. The molecule has 0 aromatic carbocycles. The van der Waals surface area contributed by atoms with Crippen molar-refractivity contribution >= 4 is 6.29 Å². The topological polar surface area (TPSA) is 17.1 Å². The highest BCUT2D eigenvalue weighted by Crippen LogP contribution is 2.13. The van der Waals surface area contributed by atoms with Gasteiger partial charge in [0.25, 0.3) is 0 Å². The minimum atomic E-state index is 0.577. The average molecular weight is 182 g/mol. The van der Waals surface area contributed by atoms with E-state index in [-0.39, 0.29) is 0 Å². The zero-order valence-electron chi connectivity index (χ0n) is 9.34. The van der Waals surface area contributed by atoms with Crippen LogP contribution in [0.15, 0.2) is 11.6 Å². The number of allylic oxidation sites excluding steroid dienone is 2. The van der Waals surface area contributed by atoms with Gasteiger partial charge in [-0.3, -0.25) is 4.79 Å². The zero-order chi connectivity index (χ0) is 10.3. The first-order valence-corrected chi connectivity index (χ1v) is 5.24. The highest BCUT2D eigenvalue weighted by atomic mass is 16.1. The Bertz CT molecular complexity index is 168. The Kier molecular flexibility index (Phi) is 6.56. The van der Waals surface area contributed by atoms with E-state index < -0.39 is 0 Å². The Morgan fingerprint density at radius 1 is 1.31 bits per heavy atom. The van der Waals surface area contributed by atoms with Crippen molar-refractivity contribution in [3.63, 3.8) is 0 Å². The van der Waals surface area contributed by atoms with Crippen LogP contribution >= 0.6 is 0 Å². The number of aldehydes is 1. The largest absolute Gasteiger partial charge is 0.298 e. The van der Waals surface area contributed by atoms with E-state index in [1.807, 2.05) is 0 Å². The fourth-order valence-corrected chi connectivity index (χ4v) is 1.17. The second-order valence-corrected chi connectivity index (χ2v) is 4.24. The first-order valence-electron chi connectivity index (χ1n) is 5.24. The van der Waals surface area contributed by atoms with E-state index in [0.717, 1.165) is 24.7 Å². The van der Waals surface area contributed by atoms with Crippen LogP contribution in [-0.4, -0.2) is 6.29 Å². The summed E-state index contributed by atoms with van der Waals surface area (Å²) in [6.45, 7) is 8.68. The molecule has 0 aromatic heterocycles.